The number of hydrogen-bond acceptors (Lipinski definition) is 5. The van der Waals surface area contributed by atoms with Crippen LogP contribution < -0.4 is 5.32 Å². The van der Waals surface area contributed by atoms with Crippen molar-refractivity contribution in [2.75, 3.05) is 5.32 Å². The van der Waals surface area contributed by atoms with Crippen molar-refractivity contribution in [3.63, 3.8) is 0 Å². The van der Waals surface area contributed by atoms with Crippen LogP contribution in [0.1, 0.15) is 20.7 Å². The van der Waals surface area contributed by atoms with Gasteiger partial charge >= 0.3 is 5.97 Å². The van der Waals surface area contributed by atoms with Crippen molar-refractivity contribution < 1.29 is 30.0 Å². The van der Waals surface area contributed by atoms with E-state index in [4.69, 9.17) is 5.11 Å². The minimum absolute atomic E-state index is 0.00198. The van der Waals surface area contributed by atoms with E-state index in [-0.39, 0.29) is 28.3 Å². The summed E-state index contributed by atoms with van der Waals surface area (Å²) >= 11 is 0. The van der Waals surface area contributed by atoms with Gasteiger partial charge in [-0.2, -0.15) is 0 Å². The van der Waals surface area contributed by atoms with E-state index in [2.05, 4.69) is 5.32 Å². The first-order chi connectivity index (χ1) is 9.88. The molecule has 2 rings (SSSR count). The maximum Gasteiger partial charge on any atom is 0.337 e. The number of rotatable bonds is 3. The minimum atomic E-state index is -1.31. The van der Waals surface area contributed by atoms with Crippen molar-refractivity contribution in [3.05, 3.63) is 47.5 Å². The molecular formula is C14H11NO6. The zero-order valence-corrected chi connectivity index (χ0v) is 10.6. The van der Waals surface area contributed by atoms with Gasteiger partial charge in [-0.15, -0.1) is 0 Å². The van der Waals surface area contributed by atoms with Crippen LogP contribution in [-0.4, -0.2) is 32.3 Å². The van der Waals surface area contributed by atoms with Crippen LogP contribution in [0.4, 0.5) is 5.69 Å². The second-order valence-electron chi connectivity index (χ2n) is 4.19. The van der Waals surface area contributed by atoms with Crippen LogP contribution in [0.5, 0.6) is 17.2 Å². The number of aromatic carboxylic acids is 1. The van der Waals surface area contributed by atoms with Gasteiger partial charge in [0, 0.05) is 5.56 Å². The fourth-order valence-corrected chi connectivity index (χ4v) is 1.68. The number of amides is 1. The number of phenols is 3. The predicted molar refractivity (Wildman–Crippen MR) is 72.8 cm³/mol. The van der Waals surface area contributed by atoms with Crippen molar-refractivity contribution >= 4 is 17.6 Å². The molecular weight excluding hydrogens is 278 g/mol. The molecule has 7 heteroatoms. The number of carboxylic acids is 1. The summed E-state index contributed by atoms with van der Waals surface area (Å²) in [6.07, 6.45) is 0. The number of hydrogen-bond donors (Lipinski definition) is 5. The van der Waals surface area contributed by atoms with E-state index in [0.29, 0.717) is 0 Å². The average molecular weight is 289 g/mol. The number of benzene rings is 2. The molecule has 0 saturated heterocycles. The lowest BCUT2D eigenvalue weighted by Crippen LogP contribution is -2.14. The molecule has 7 nitrogen and oxygen atoms in total. The molecule has 0 radical (unpaired) electrons. The molecule has 0 fully saturated rings. The molecule has 0 atom stereocenters. The number of aromatic hydroxyl groups is 3. The number of carboxylic acid groups (broad SMARTS) is 1. The number of carbonyl (C=O) groups is 2. The van der Waals surface area contributed by atoms with Gasteiger partial charge in [0.1, 0.15) is 5.75 Å². The van der Waals surface area contributed by atoms with Crippen LogP contribution in [-0.2, 0) is 0 Å². The first-order valence-corrected chi connectivity index (χ1v) is 5.78. The second kappa shape index (κ2) is 5.41. The molecule has 0 spiro atoms. The van der Waals surface area contributed by atoms with Gasteiger partial charge in [-0.1, -0.05) is 0 Å². The van der Waals surface area contributed by atoms with E-state index < -0.39 is 17.6 Å². The Kier molecular flexibility index (Phi) is 3.66. The molecule has 5 N–H and O–H groups in total. The Bertz CT molecular complexity index is 725. The van der Waals surface area contributed by atoms with Gasteiger partial charge < -0.3 is 25.7 Å². The van der Waals surface area contributed by atoms with Crippen LogP contribution >= 0.6 is 0 Å². The highest BCUT2D eigenvalue weighted by Crippen LogP contribution is 2.26. The normalized spacial score (nSPS) is 10.1. The Balaban J connectivity index is 2.31. The molecule has 2 aromatic rings. The van der Waals surface area contributed by atoms with Gasteiger partial charge in [0.05, 0.1) is 11.3 Å². The van der Waals surface area contributed by atoms with Crippen LogP contribution in [0.25, 0.3) is 0 Å². The lowest BCUT2D eigenvalue weighted by Gasteiger charge is -2.09. The van der Waals surface area contributed by atoms with Crippen LogP contribution in [0, 0.1) is 0 Å². The minimum Gasteiger partial charge on any atom is -0.508 e. The van der Waals surface area contributed by atoms with E-state index in [1.165, 1.54) is 18.2 Å². The largest absolute Gasteiger partial charge is 0.508 e. The highest BCUT2D eigenvalue weighted by Gasteiger charge is 2.15. The van der Waals surface area contributed by atoms with Crippen molar-refractivity contribution in [3.8, 4) is 17.2 Å². The summed E-state index contributed by atoms with van der Waals surface area (Å²) in [6.45, 7) is 0. The van der Waals surface area contributed by atoms with Crippen molar-refractivity contribution in [2.24, 2.45) is 0 Å². The molecule has 21 heavy (non-hydrogen) atoms. The van der Waals surface area contributed by atoms with Gasteiger partial charge in [-0.05, 0) is 36.4 Å². The number of carbonyl (C=O) groups excluding carboxylic acids is 1. The summed E-state index contributed by atoms with van der Waals surface area (Å²) in [4.78, 5) is 23.0. The van der Waals surface area contributed by atoms with E-state index in [1.54, 1.807) is 0 Å². The van der Waals surface area contributed by atoms with Crippen LogP contribution in [0.3, 0.4) is 0 Å². The third-order valence-corrected chi connectivity index (χ3v) is 2.72. The molecule has 0 unspecified atom stereocenters. The third kappa shape index (κ3) is 3.03. The molecule has 0 saturated carbocycles. The molecule has 0 aliphatic rings. The van der Waals surface area contributed by atoms with Crippen LogP contribution in [0.2, 0.25) is 0 Å². The summed E-state index contributed by atoms with van der Waals surface area (Å²) < 4.78 is 0. The number of nitrogens with one attached hydrogen (secondary N) is 1. The summed E-state index contributed by atoms with van der Waals surface area (Å²) in [5.74, 6) is -3.06. The Morgan fingerprint density at radius 3 is 2.24 bits per heavy atom. The van der Waals surface area contributed by atoms with Crippen molar-refractivity contribution in [1.82, 2.24) is 0 Å². The van der Waals surface area contributed by atoms with E-state index >= 15 is 0 Å². The number of phenolic OH excluding ortho intramolecular Hbond substituents is 3. The molecule has 108 valence electrons. The molecule has 0 aliphatic carbocycles. The first-order valence-electron chi connectivity index (χ1n) is 5.78. The standard InChI is InChI=1S/C14H11NO6/c16-8-2-3-10(9(6-8)14(20)21)15-13(19)7-1-4-11(17)12(18)5-7/h1-6,16-18H,(H,15,19)(H,20,21). The third-order valence-electron chi connectivity index (χ3n) is 2.72. The topological polar surface area (TPSA) is 127 Å². The van der Waals surface area contributed by atoms with E-state index in [0.717, 1.165) is 18.2 Å². The Morgan fingerprint density at radius 2 is 1.62 bits per heavy atom. The summed E-state index contributed by atoms with van der Waals surface area (Å²) in [5.41, 5.74) is -0.237. The molecule has 0 bridgehead atoms. The fourth-order valence-electron chi connectivity index (χ4n) is 1.68. The van der Waals surface area contributed by atoms with Gasteiger partial charge in [-0.25, -0.2) is 4.79 Å². The average Bonchev–Trinajstić information content (AvgIpc) is 2.43. The maximum atomic E-state index is 12.0. The second-order valence-corrected chi connectivity index (χ2v) is 4.19. The number of anilines is 1. The van der Waals surface area contributed by atoms with E-state index in [1.807, 2.05) is 0 Å². The van der Waals surface area contributed by atoms with Gasteiger partial charge in [-0.3, -0.25) is 4.79 Å². The van der Waals surface area contributed by atoms with Crippen molar-refractivity contribution in [1.29, 1.82) is 0 Å². The SMILES string of the molecule is O=C(Nc1ccc(O)cc1C(=O)O)c1ccc(O)c(O)c1. The Morgan fingerprint density at radius 1 is 0.905 bits per heavy atom. The zero-order chi connectivity index (χ0) is 15.6. The predicted octanol–water partition coefficient (Wildman–Crippen LogP) is 1.75. The van der Waals surface area contributed by atoms with Gasteiger partial charge in [0.25, 0.3) is 5.91 Å². The van der Waals surface area contributed by atoms with Crippen molar-refractivity contribution in [2.45, 2.75) is 0 Å². The summed E-state index contributed by atoms with van der Waals surface area (Å²) in [5, 5.41) is 39.2. The molecule has 1 amide bonds. The highest BCUT2D eigenvalue weighted by atomic mass is 16.4. The first kappa shape index (κ1) is 14.2. The lowest BCUT2D eigenvalue weighted by molar-refractivity contribution is 0.0697. The van der Waals surface area contributed by atoms with Gasteiger partial charge in [0.15, 0.2) is 11.5 Å². The Labute approximate surface area is 118 Å². The Hall–Kier alpha value is -3.22. The van der Waals surface area contributed by atoms with Crippen LogP contribution in [0.15, 0.2) is 36.4 Å². The smallest absolute Gasteiger partial charge is 0.337 e. The lowest BCUT2D eigenvalue weighted by atomic mass is 10.1. The quantitative estimate of drug-likeness (QED) is 0.433. The monoisotopic (exact) mass is 289 g/mol. The summed E-state index contributed by atoms with van der Waals surface area (Å²) in [6, 6.07) is 6.94. The highest BCUT2D eigenvalue weighted by molar-refractivity contribution is 6.08. The van der Waals surface area contributed by atoms with Gasteiger partial charge in [0.2, 0.25) is 0 Å². The molecule has 0 aromatic heterocycles. The zero-order valence-electron chi connectivity index (χ0n) is 10.6. The summed E-state index contributed by atoms with van der Waals surface area (Å²) in [7, 11) is 0. The fraction of sp³-hybridized carbons (Fsp3) is 0. The molecule has 0 aliphatic heterocycles. The maximum absolute atomic E-state index is 12.0. The van der Waals surface area contributed by atoms with E-state index in [9.17, 15) is 24.9 Å². The molecule has 2 aromatic carbocycles. The molecule has 0 heterocycles.